The number of carbonyl (C=O) groups is 1. The number of ether oxygens (including phenoxy) is 2. The molecule has 1 amide bonds. The standard InChI is InChI=1S/C23H34F3N3O3/c1-22(2,3)32-21(30)28-20-9-5-4-8-19(20)27-16-7-6-14-29(15-16)17-10-12-18(13-11-17)31-23(24,25)26/h10-13,16,19-20,27H,4-9,14-15H2,1-3H3,(H,28,30)/t16-,19+,20+/m0/s1. The van der Waals surface area contributed by atoms with Crippen molar-refractivity contribution in [2.75, 3.05) is 18.0 Å². The maximum atomic E-state index is 12.4. The van der Waals surface area contributed by atoms with Gasteiger partial charge < -0.3 is 25.0 Å². The molecule has 2 fully saturated rings. The molecule has 3 rings (SSSR count). The zero-order chi connectivity index (χ0) is 23.4. The number of hydrogen-bond acceptors (Lipinski definition) is 5. The Morgan fingerprint density at radius 1 is 1.00 bits per heavy atom. The summed E-state index contributed by atoms with van der Waals surface area (Å²) in [5.41, 5.74) is 0.338. The van der Waals surface area contributed by atoms with E-state index in [-0.39, 0.29) is 30.0 Å². The van der Waals surface area contributed by atoms with Gasteiger partial charge in [0.25, 0.3) is 0 Å². The van der Waals surface area contributed by atoms with Crippen LogP contribution in [0, 0.1) is 0 Å². The lowest BCUT2D eigenvalue weighted by atomic mass is 9.89. The summed E-state index contributed by atoms with van der Waals surface area (Å²) in [6.45, 7) is 7.15. The number of alkyl halides is 3. The fourth-order valence-corrected chi connectivity index (χ4v) is 4.47. The number of nitrogens with one attached hydrogen (secondary N) is 2. The lowest BCUT2D eigenvalue weighted by Crippen LogP contribution is -2.57. The van der Waals surface area contributed by atoms with E-state index in [0.717, 1.165) is 57.3 Å². The number of alkyl carbamates (subject to hydrolysis) is 1. The molecule has 1 aliphatic heterocycles. The molecular weight excluding hydrogens is 423 g/mol. The van der Waals surface area contributed by atoms with E-state index in [1.54, 1.807) is 12.1 Å². The van der Waals surface area contributed by atoms with E-state index in [0.29, 0.717) is 0 Å². The van der Waals surface area contributed by atoms with Crippen molar-refractivity contribution in [1.82, 2.24) is 10.6 Å². The molecule has 1 aromatic carbocycles. The van der Waals surface area contributed by atoms with Crippen molar-refractivity contribution >= 4 is 11.8 Å². The molecule has 180 valence electrons. The third-order valence-electron chi connectivity index (χ3n) is 5.77. The van der Waals surface area contributed by atoms with Gasteiger partial charge in [0, 0.05) is 36.9 Å². The maximum Gasteiger partial charge on any atom is 0.573 e. The van der Waals surface area contributed by atoms with Gasteiger partial charge in [0.05, 0.1) is 0 Å². The van der Waals surface area contributed by atoms with Crippen LogP contribution in [0.3, 0.4) is 0 Å². The molecular formula is C23H34F3N3O3. The van der Waals surface area contributed by atoms with Crippen LogP contribution in [0.5, 0.6) is 5.75 Å². The minimum absolute atomic E-state index is 0.0211. The highest BCUT2D eigenvalue weighted by atomic mass is 19.4. The van der Waals surface area contributed by atoms with Crippen LogP contribution in [0.4, 0.5) is 23.7 Å². The number of nitrogens with zero attached hydrogens (tertiary/aromatic N) is 1. The van der Waals surface area contributed by atoms with E-state index in [1.807, 2.05) is 20.8 Å². The van der Waals surface area contributed by atoms with Gasteiger partial charge in [-0.1, -0.05) is 12.8 Å². The fraction of sp³-hybridized carbons (Fsp3) is 0.696. The third kappa shape index (κ3) is 7.76. The van der Waals surface area contributed by atoms with E-state index in [2.05, 4.69) is 20.3 Å². The van der Waals surface area contributed by atoms with E-state index in [4.69, 9.17) is 4.74 Å². The summed E-state index contributed by atoms with van der Waals surface area (Å²) in [6.07, 6.45) is 1.00. The molecule has 1 aromatic rings. The first kappa shape index (κ1) is 24.5. The monoisotopic (exact) mass is 457 g/mol. The second kappa shape index (κ2) is 10.2. The highest BCUT2D eigenvalue weighted by Gasteiger charge is 2.32. The Bertz CT molecular complexity index is 750. The van der Waals surface area contributed by atoms with E-state index < -0.39 is 12.0 Å². The third-order valence-corrected chi connectivity index (χ3v) is 5.77. The Hall–Kier alpha value is -2.16. The summed E-state index contributed by atoms with van der Waals surface area (Å²) in [4.78, 5) is 14.4. The summed E-state index contributed by atoms with van der Waals surface area (Å²) < 4.78 is 46.6. The van der Waals surface area contributed by atoms with Crippen molar-refractivity contribution in [1.29, 1.82) is 0 Å². The van der Waals surface area contributed by atoms with E-state index >= 15 is 0 Å². The molecule has 1 aliphatic carbocycles. The van der Waals surface area contributed by atoms with E-state index in [1.165, 1.54) is 12.1 Å². The van der Waals surface area contributed by atoms with Gasteiger partial charge in [-0.3, -0.25) is 0 Å². The lowest BCUT2D eigenvalue weighted by molar-refractivity contribution is -0.274. The predicted octanol–water partition coefficient (Wildman–Crippen LogP) is 4.98. The Morgan fingerprint density at radius 2 is 1.66 bits per heavy atom. The first-order valence-electron chi connectivity index (χ1n) is 11.3. The highest BCUT2D eigenvalue weighted by Crippen LogP contribution is 2.27. The second-order valence-electron chi connectivity index (χ2n) is 9.64. The van der Waals surface area contributed by atoms with Gasteiger partial charge in [0.2, 0.25) is 0 Å². The van der Waals surface area contributed by atoms with Crippen LogP contribution in [-0.4, -0.2) is 49.3 Å². The number of benzene rings is 1. The summed E-state index contributed by atoms with van der Waals surface area (Å²) in [5.74, 6) is -0.216. The topological polar surface area (TPSA) is 62.8 Å². The summed E-state index contributed by atoms with van der Waals surface area (Å²) in [7, 11) is 0. The summed E-state index contributed by atoms with van der Waals surface area (Å²) >= 11 is 0. The zero-order valence-electron chi connectivity index (χ0n) is 19.0. The van der Waals surface area contributed by atoms with Gasteiger partial charge in [0.15, 0.2) is 0 Å². The minimum atomic E-state index is -4.69. The van der Waals surface area contributed by atoms with Crippen LogP contribution in [0.15, 0.2) is 24.3 Å². The minimum Gasteiger partial charge on any atom is -0.444 e. The molecule has 3 atom stereocenters. The number of halogens is 3. The van der Waals surface area contributed by atoms with Crippen LogP contribution >= 0.6 is 0 Å². The smallest absolute Gasteiger partial charge is 0.444 e. The number of amides is 1. The average Bonchev–Trinajstić information content (AvgIpc) is 2.68. The summed E-state index contributed by atoms with van der Waals surface area (Å²) in [5, 5.41) is 6.77. The SMILES string of the molecule is CC(C)(C)OC(=O)N[C@@H]1CCCC[C@H]1N[C@H]1CCCN(c2ccc(OC(F)(F)F)cc2)C1. The molecule has 2 N–H and O–H groups in total. The normalized spacial score (nSPS) is 24.7. The molecule has 1 saturated heterocycles. The van der Waals surface area contributed by atoms with Crippen molar-refractivity contribution in [3.05, 3.63) is 24.3 Å². The highest BCUT2D eigenvalue weighted by molar-refractivity contribution is 5.68. The molecule has 1 saturated carbocycles. The largest absolute Gasteiger partial charge is 0.573 e. The van der Waals surface area contributed by atoms with Crippen molar-refractivity contribution in [2.45, 2.75) is 89.4 Å². The average molecular weight is 458 g/mol. The van der Waals surface area contributed by atoms with Crippen LogP contribution in [0.2, 0.25) is 0 Å². The van der Waals surface area contributed by atoms with Crippen molar-refractivity contribution < 1.29 is 27.4 Å². The summed E-state index contributed by atoms with van der Waals surface area (Å²) in [6, 6.07) is 6.45. The first-order valence-corrected chi connectivity index (χ1v) is 11.3. The molecule has 0 spiro atoms. The van der Waals surface area contributed by atoms with Gasteiger partial charge >= 0.3 is 12.5 Å². The number of anilines is 1. The molecule has 0 radical (unpaired) electrons. The van der Waals surface area contributed by atoms with Crippen LogP contribution in [0.1, 0.15) is 59.3 Å². The van der Waals surface area contributed by atoms with Gasteiger partial charge in [0.1, 0.15) is 11.4 Å². The van der Waals surface area contributed by atoms with Crippen LogP contribution < -0.4 is 20.3 Å². The van der Waals surface area contributed by atoms with Gasteiger partial charge in [-0.05, 0) is 70.7 Å². The lowest BCUT2D eigenvalue weighted by Gasteiger charge is -2.40. The molecule has 0 aromatic heterocycles. The second-order valence-corrected chi connectivity index (χ2v) is 9.64. The molecule has 32 heavy (non-hydrogen) atoms. The first-order chi connectivity index (χ1) is 15.0. The Balaban J connectivity index is 1.56. The van der Waals surface area contributed by atoms with Crippen LogP contribution in [-0.2, 0) is 4.74 Å². The molecule has 2 aliphatic rings. The number of hydrogen-bond donors (Lipinski definition) is 2. The quantitative estimate of drug-likeness (QED) is 0.653. The van der Waals surface area contributed by atoms with E-state index in [9.17, 15) is 18.0 Å². The van der Waals surface area contributed by atoms with Crippen molar-refractivity contribution in [2.24, 2.45) is 0 Å². The predicted molar refractivity (Wildman–Crippen MR) is 117 cm³/mol. The molecule has 1 heterocycles. The molecule has 6 nitrogen and oxygen atoms in total. The molecule has 0 unspecified atom stereocenters. The van der Waals surface area contributed by atoms with Crippen LogP contribution in [0.25, 0.3) is 0 Å². The number of rotatable bonds is 5. The molecule has 9 heteroatoms. The maximum absolute atomic E-state index is 12.4. The number of carbonyl (C=O) groups excluding carboxylic acids is 1. The van der Waals surface area contributed by atoms with Crippen molar-refractivity contribution in [3.8, 4) is 5.75 Å². The Kier molecular flexibility index (Phi) is 7.79. The van der Waals surface area contributed by atoms with Gasteiger partial charge in [-0.2, -0.15) is 0 Å². The zero-order valence-corrected chi connectivity index (χ0v) is 19.0. The van der Waals surface area contributed by atoms with Gasteiger partial charge in [-0.25, -0.2) is 4.79 Å². The number of piperidine rings is 1. The van der Waals surface area contributed by atoms with Crippen molar-refractivity contribution in [3.63, 3.8) is 0 Å². The Labute approximate surface area is 187 Å². The Morgan fingerprint density at radius 3 is 2.28 bits per heavy atom. The fourth-order valence-electron chi connectivity index (χ4n) is 4.47. The van der Waals surface area contributed by atoms with Gasteiger partial charge in [-0.15, -0.1) is 13.2 Å². The molecule has 0 bridgehead atoms.